The summed E-state index contributed by atoms with van der Waals surface area (Å²) in [6.45, 7) is 2.23. The Morgan fingerprint density at radius 3 is 0.956 bits per heavy atom. The van der Waals surface area contributed by atoms with Crippen molar-refractivity contribution in [3.63, 3.8) is 0 Å². The minimum absolute atomic E-state index is 0. The summed E-state index contributed by atoms with van der Waals surface area (Å²) in [6.07, 6.45) is 2.26. The predicted octanol–water partition coefficient (Wildman–Crippen LogP) is 14.8. The van der Waals surface area contributed by atoms with E-state index >= 15 is 0 Å². The van der Waals surface area contributed by atoms with Gasteiger partial charge in [-0.2, -0.15) is 0 Å². The molecule has 4 aromatic heterocycles. The number of hydrogen-bond donors (Lipinski definition) is 4. The number of benzene rings is 8. The van der Waals surface area contributed by atoms with Crippen LogP contribution in [0.4, 0.5) is 22.7 Å². The van der Waals surface area contributed by atoms with Crippen molar-refractivity contribution in [2.45, 2.75) is 59.3 Å². The summed E-state index contributed by atoms with van der Waals surface area (Å²) in [4.78, 5) is 119. The van der Waals surface area contributed by atoms with Crippen LogP contribution in [-0.4, -0.2) is 99.6 Å². The molecule has 8 N–H and O–H groups in total. The summed E-state index contributed by atoms with van der Waals surface area (Å²) < 4.78 is 27.4. The number of ketones is 4. The van der Waals surface area contributed by atoms with Crippen molar-refractivity contribution in [2.24, 2.45) is 10.8 Å². The number of hydrogen-bond acceptors (Lipinski definition) is 19. The van der Waals surface area contributed by atoms with E-state index in [0.29, 0.717) is 226 Å². The molecule has 12 aromatic rings. The first-order valence-electron chi connectivity index (χ1n) is 34.2. The average molecular weight is 1700 g/mol. The van der Waals surface area contributed by atoms with Crippen LogP contribution in [0.1, 0.15) is 96.8 Å². The van der Waals surface area contributed by atoms with Crippen molar-refractivity contribution in [1.29, 1.82) is 0 Å². The number of azide groups is 1. The van der Waals surface area contributed by atoms with Crippen LogP contribution < -0.4 is 64.1 Å². The number of nitro groups is 1. The number of rotatable bonds is 18. The van der Waals surface area contributed by atoms with Crippen LogP contribution in [0.5, 0.6) is 23.0 Å². The average Bonchev–Trinajstić information content (AvgIpc) is 1.59. The molecule has 0 radical (unpaired) electrons. The van der Waals surface area contributed by atoms with Crippen molar-refractivity contribution >= 4 is 137 Å². The van der Waals surface area contributed by atoms with Gasteiger partial charge in [-0.3, -0.25) is 48.5 Å². The third kappa shape index (κ3) is 15.5. The van der Waals surface area contributed by atoms with Gasteiger partial charge in [-0.1, -0.05) is 30.7 Å². The summed E-state index contributed by atoms with van der Waals surface area (Å²) in [5, 5.41) is 18.4. The molecule has 0 fully saturated rings. The Balaban J connectivity index is 0.000000186. The van der Waals surface area contributed by atoms with Gasteiger partial charge in [0.05, 0.1) is 83.8 Å². The fourth-order valence-electron chi connectivity index (χ4n) is 14.6. The number of aromatic nitrogens is 4. The maximum Gasteiger partial charge on any atom is 0.270 e. The van der Waals surface area contributed by atoms with E-state index in [4.69, 9.17) is 70.6 Å². The van der Waals surface area contributed by atoms with Crippen molar-refractivity contribution < 1.29 is 63.5 Å². The van der Waals surface area contributed by atoms with E-state index in [0.717, 1.165) is 11.1 Å². The van der Waals surface area contributed by atoms with E-state index in [1.54, 1.807) is 143 Å². The molecule has 8 aromatic carbocycles. The molecule has 0 bridgehead atoms. The zero-order valence-electron chi connectivity index (χ0n) is 60.8. The van der Waals surface area contributed by atoms with Gasteiger partial charge in [-0.15, -0.1) is 48.0 Å². The number of halogens is 4. The summed E-state index contributed by atoms with van der Waals surface area (Å²) in [7, 11) is 6.17. The minimum atomic E-state index is -0.559. The Labute approximate surface area is 682 Å². The van der Waals surface area contributed by atoms with E-state index < -0.39 is 4.92 Å². The van der Waals surface area contributed by atoms with Crippen molar-refractivity contribution in [2.75, 3.05) is 70.5 Å². The molecule has 0 atom stereocenters. The third-order valence-electron chi connectivity index (χ3n) is 19.5. The molecule has 588 valence electrons. The van der Waals surface area contributed by atoms with Crippen LogP contribution in [-0.2, 0) is 46.6 Å². The number of non-ortho nitro benzene ring substituents is 1. The number of methoxy groups -OCH3 is 4. The number of carbonyl (C=O) groups is 4. The molecular weight excluding hydrogens is 1630 g/mol. The quantitative estimate of drug-likeness (QED) is 0.00592. The normalized spacial score (nSPS) is 11.6. The fraction of sp³-hybridized carbons (Fsp3) is 0.207. The first kappa shape index (κ1) is 87.0. The summed E-state index contributed by atoms with van der Waals surface area (Å²) in [5.74, 6) is 2.50. The molecule has 0 amide bonds. The Morgan fingerprint density at radius 1 is 0.416 bits per heavy atom. The molecule has 0 aliphatic heterocycles. The van der Waals surface area contributed by atoms with E-state index in [1.807, 2.05) is 12.1 Å². The number of ether oxygens (including phenoxy) is 4. The van der Waals surface area contributed by atoms with Gasteiger partial charge in [0, 0.05) is 181 Å². The maximum absolute atomic E-state index is 13.2. The molecule has 0 saturated carbocycles. The van der Waals surface area contributed by atoms with Crippen LogP contribution in [0, 0.1) is 17.5 Å². The second-order valence-corrected chi connectivity index (χ2v) is 26.4. The molecule has 4 heterocycles. The van der Waals surface area contributed by atoms with Crippen molar-refractivity contribution in [3.05, 3.63) is 259 Å². The molecule has 26 nitrogen and oxygen atoms in total. The number of nitrogen functional groups attached to an aromatic ring is 3. The van der Waals surface area contributed by atoms with E-state index in [1.165, 1.54) is 37.0 Å². The predicted molar refractivity (Wildman–Crippen MR) is 445 cm³/mol. The van der Waals surface area contributed by atoms with Gasteiger partial charge < -0.3 is 67.6 Å². The van der Waals surface area contributed by atoms with Crippen LogP contribution >= 0.6 is 48.0 Å². The Bertz CT molecular complexity index is 6020. The summed E-state index contributed by atoms with van der Waals surface area (Å²) in [6, 6.07) is 40.3. The Hall–Kier alpha value is -11.6. The van der Waals surface area contributed by atoms with Crippen molar-refractivity contribution in [3.8, 4) is 68.0 Å². The molecule has 4 aliphatic rings. The van der Waals surface area contributed by atoms with Gasteiger partial charge in [0.2, 0.25) is 0 Å². The number of nitro benzene ring substituents is 1. The van der Waals surface area contributed by atoms with Gasteiger partial charge in [0.25, 0.3) is 27.9 Å². The Kier molecular flexibility index (Phi) is 27.9. The smallest absolute Gasteiger partial charge is 0.270 e. The standard InChI is InChI=1S/C20H15ClN2O5.C20H17ClN2O3.C20H17N5O3.C20H19N3O3.CH4.CH3.2ClH.Pd/c1-28-12-4-6-14-15(10-12)19(24)17-13-5-3-11(23(26)27)9-16(13)20(25)22(18(14)17)8-2-7-21;1-26-12-4-6-14-15(10-12)19(24)17-13-5-3-11(22)9-16(13)20(25)23(18(14)17)8-2-7-21;1-28-12-4-6-14-15(10-12)19(26)17-13-5-3-11(21)9-16(13)20(27)25(18(14)17)8-2-7-23-24-22;1-26-12-4-6-14-15(10-12)19(24)17-13-5-3-11(22)9-16(13)20(25)23(18(14)17)8-2-7-21;;;;;/h3-6,9-10H,2,7-8H2,1H3;3-6,9-10H,2,7-8,22H2,1H3;3-6,9-10H,2,7-8,21H2,1H3;3-6,9-10H,2,7-8,21-22H2,1H3;1H4;1H3;2*1H;/q;;;;;-1;;;. The number of pyridine rings is 4. The SMILES string of the molecule is C.COc1ccc2c(c1)C(=O)c1c-2n(CCCCl)c(=O)c2cc(N)ccc12.COc1ccc2c(c1)C(=O)c1c-2n(CCCCl)c(=O)c2cc([N+](=O)[O-])ccc12.COc1ccc2c(c1)C(=O)c1c-2n(CCCN)c(=O)c2cc(N)ccc12.COc1ccc2c(c1)C(=O)c1c-2n(CCCN=[N+]=[N-])c(=O)c2cc(N)ccc12.Cl.Cl.[CH3-].[Pd]. The molecule has 113 heavy (non-hydrogen) atoms. The van der Waals surface area contributed by atoms with Gasteiger partial charge in [-0.25, -0.2) is 0 Å². The summed E-state index contributed by atoms with van der Waals surface area (Å²) in [5.41, 5.74) is 41.3. The zero-order valence-corrected chi connectivity index (χ0v) is 65.5. The molecule has 0 spiro atoms. The zero-order chi connectivity index (χ0) is 76.7. The second kappa shape index (κ2) is 36.2. The van der Waals surface area contributed by atoms with E-state index in [9.17, 15) is 48.5 Å². The second-order valence-electron chi connectivity index (χ2n) is 25.6. The first-order chi connectivity index (χ1) is 52.2. The number of carbonyl (C=O) groups excluding carboxylic acids is 4. The van der Waals surface area contributed by atoms with Gasteiger partial charge in [0.15, 0.2) is 23.1 Å². The molecule has 0 saturated heterocycles. The van der Waals surface area contributed by atoms with Gasteiger partial charge in [-0.05, 0) is 153 Å². The van der Waals surface area contributed by atoms with E-state index in [-0.39, 0.29) is 123 Å². The number of alkyl halides is 2. The van der Waals surface area contributed by atoms with Crippen LogP contribution in [0.25, 0.3) is 98.6 Å². The first-order valence-corrected chi connectivity index (χ1v) is 35.2. The summed E-state index contributed by atoms with van der Waals surface area (Å²) >= 11 is 11.7. The Morgan fingerprint density at radius 2 is 0.690 bits per heavy atom. The number of fused-ring (bicyclic) bond motifs is 20. The molecule has 4 aliphatic carbocycles. The number of anilines is 3. The van der Waals surface area contributed by atoms with Crippen LogP contribution in [0.3, 0.4) is 0 Å². The van der Waals surface area contributed by atoms with Crippen LogP contribution in [0.2, 0.25) is 0 Å². The number of nitrogens with zero attached hydrogens (tertiary/aromatic N) is 8. The molecule has 31 heteroatoms. The molecule has 0 unspecified atom stereocenters. The van der Waals surface area contributed by atoms with Gasteiger partial charge >= 0.3 is 0 Å². The largest absolute Gasteiger partial charge is 0.497 e. The fourth-order valence-corrected chi connectivity index (χ4v) is 14.8. The molecular formula is C82H77Cl4N12O14Pd-. The van der Waals surface area contributed by atoms with Crippen LogP contribution in [0.15, 0.2) is 170 Å². The van der Waals surface area contributed by atoms with Crippen molar-refractivity contribution in [1.82, 2.24) is 18.3 Å². The third-order valence-corrected chi connectivity index (χ3v) is 20.0. The van der Waals surface area contributed by atoms with Gasteiger partial charge in [0.1, 0.15) is 23.0 Å². The molecule has 16 rings (SSSR count). The minimum Gasteiger partial charge on any atom is -0.497 e. The maximum atomic E-state index is 13.2. The van der Waals surface area contributed by atoms with E-state index in [2.05, 4.69) is 10.0 Å². The topological polar surface area (TPSA) is 389 Å². The number of nitrogens with two attached hydrogens (primary N) is 4. The monoisotopic (exact) mass is 1700 g/mol.